The summed E-state index contributed by atoms with van der Waals surface area (Å²) in [6.07, 6.45) is 4.34. The molecule has 0 aliphatic heterocycles. The Morgan fingerprint density at radius 2 is 2.00 bits per heavy atom. The van der Waals surface area contributed by atoms with Gasteiger partial charge in [0.2, 0.25) is 0 Å². The third kappa shape index (κ3) is 5.23. The smallest absolute Gasteiger partial charge is 0.137 e. The molecule has 0 aliphatic carbocycles. The van der Waals surface area contributed by atoms with Gasteiger partial charge in [-0.2, -0.15) is 0 Å². The van der Waals surface area contributed by atoms with Crippen LogP contribution in [0.2, 0.25) is 0 Å². The number of rotatable bonds is 8. The molecule has 0 radical (unpaired) electrons. The largest absolute Gasteiger partial charge is 0.316 e. The molecule has 0 bridgehead atoms. The normalized spacial score (nSPS) is 14.4. The number of hydrogen-bond acceptors (Lipinski definition) is 1. The first-order valence-electron chi connectivity index (χ1n) is 7.16. The fourth-order valence-corrected chi connectivity index (χ4v) is 2.96. The van der Waals surface area contributed by atoms with E-state index < -0.39 is 0 Å². The summed E-state index contributed by atoms with van der Waals surface area (Å²) in [5.41, 5.74) is 1.24. The maximum atomic E-state index is 13.6. The molecule has 1 rings (SSSR count). The van der Waals surface area contributed by atoms with Crippen molar-refractivity contribution < 1.29 is 4.39 Å². The van der Waals surface area contributed by atoms with E-state index >= 15 is 0 Å². The van der Waals surface area contributed by atoms with Gasteiger partial charge >= 0.3 is 0 Å². The van der Waals surface area contributed by atoms with Crippen molar-refractivity contribution in [3.8, 4) is 0 Å². The average molecular weight is 330 g/mol. The van der Waals surface area contributed by atoms with Crippen LogP contribution in [0.15, 0.2) is 22.7 Å². The first-order chi connectivity index (χ1) is 9.02. The van der Waals surface area contributed by atoms with Crippen LogP contribution < -0.4 is 5.32 Å². The molecule has 1 aromatic rings. The van der Waals surface area contributed by atoms with Gasteiger partial charge in [0.25, 0.3) is 0 Å². The maximum Gasteiger partial charge on any atom is 0.137 e. The van der Waals surface area contributed by atoms with E-state index in [0.29, 0.717) is 4.47 Å². The number of halogens is 2. The summed E-state index contributed by atoms with van der Waals surface area (Å²) in [5, 5.41) is 3.51. The van der Waals surface area contributed by atoms with E-state index in [9.17, 15) is 4.39 Å². The van der Waals surface area contributed by atoms with E-state index in [0.717, 1.165) is 44.3 Å². The predicted molar refractivity (Wildman–Crippen MR) is 84.0 cm³/mol. The Balaban J connectivity index is 2.79. The Morgan fingerprint density at radius 3 is 2.63 bits per heavy atom. The zero-order valence-corrected chi connectivity index (χ0v) is 13.8. The molecular weight excluding hydrogens is 305 g/mol. The van der Waals surface area contributed by atoms with Crippen LogP contribution in [0.1, 0.15) is 45.6 Å². The minimum atomic E-state index is -0.169. The van der Waals surface area contributed by atoms with E-state index in [1.165, 1.54) is 6.07 Å². The molecule has 0 spiro atoms. The van der Waals surface area contributed by atoms with E-state index in [1.807, 2.05) is 6.07 Å². The van der Waals surface area contributed by atoms with Crippen molar-refractivity contribution in [1.29, 1.82) is 0 Å². The predicted octanol–water partition coefficient (Wildman–Crippen LogP) is 4.94. The first kappa shape index (κ1) is 16.6. The lowest BCUT2D eigenvalue weighted by Gasteiger charge is -2.30. The molecule has 0 fully saturated rings. The van der Waals surface area contributed by atoms with Gasteiger partial charge in [-0.3, -0.25) is 0 Å². The van der Waals surface area contributed by atoms with Gasteiger partial charge in [-0.15, -0.1) is 0 Å². The van der Waals surface area contributed by atoms with Crippen molar-refractivity contribution in [2.45, 2.75) is 46.5 Å². The monoisotopic (exact) mass is 329 g/mol. The van der Waals surface area contributed by atoms with Crippen LogP contribution in [0, 0.1) is 11.2 Å². The van der Waals surface area contributed by atoms with Crippen LogP contribution in [0.3, 0.4) is 0 Å². The molecule has 108 valence electrons. The summed E-state index contributed by atoms with van der Waals surface area (Å²) in [6, 6.07) is 5.31. The lowest BCUT2D eigenvalue weighted by atomic mass is 9.79. The highest BCUT2D eigenvalue weighted by Gasteiger charge is 2.24. The van der Waals surface area contributed by atoms with Gasteiger partial charge in [0.05, 0.1) is 4.47 Å². The Kier molecular flexibility index (Phi) is 7.01. The topological polar surface area (TPSA) is 12.0 Å². The van der Waals surface area contributed by atoms with E-state index in [-0.39, 0.29) is 11.2 Å². The highest BCUT2D eigenvalue weighted by atomic mass is 79.9. The molecule has 0 saturated carbocycles. The van der Waals surface area contributed by atoms with Gasteiger partial charge in [-0.05, 0) is 58.8 Å². The second-order valence-corrected chi connectivity index (χ2v) is 6.42. The molecule has 1 N–H and O–H groups in total. The van der Waals surface area contributed by atoms with Crippen molar-refractivity contribution in [1.82, 2.24) is 5.32 Å². The standard InChI is InChI=1S/C16H25BrFN/c1-4-9-16(3,12-19-10-5-2)11-13-7-6-8-14(18)15(13)17/h6-8,19H,4-5,9-12H2,1-3H3. The Labute approximate surface area is 125 Å². The number of nitrogens with one attached hydrogen (secondary N) is 1. The highest BCUT2D eigenvalue weighted by Crippen LogP contribution is 2.31. The van der Waals surface area contributed by atoms with Crippen molar-refractivity contribution in [3.05, 3.63) is 34.1 Å². The number of hydrogen-bond donors (Lipinski definition) is 1. The van der Waals surface area contributed by atoms with E-state index in [4.69, 9.17) is 0 Å². The van der Waals surface area contributed by atoms with Gasteiger partial charge in [0.1, 0.15) is 5.82 Å². The van der Waals surface area contributed by atoms with Gasteiger partial charge in [-0.25, -0.2) is 4.39 Å². The molecule has 0 aromatic heterocycles. The molecule has 3 heteroatoms. The van der Waals surface area contributed by atoms with Crippen LogP contribution in [-0.4, -0.2) is 13.1 Å². The maximum absolute atomic E-state index is 13.6. The second kappa shape index (κ2) is 8.01. The zero-order chi connectivity index (χ0) is 14.3. The summed E-state index contributed by atoms with van der Waals surface area (Å²) in [5.74, 6) is -0.169. The minimum absolute atomic E-state index is 0.169. The molecule has 1 nitrogen and oxygen atoms in total. The van der Waals surface area contributed by atoms with Crippen LogP contribution in [-0.2, 0) is 6.42 Å². The zero-order valence-electron chi connectivity index (χ0n) is 12.2. The molecule has 0 saturated heterocycles. The quantitative estimate of drug-likeness (QED) is 0.666. The molecule has 0 amide bonds. The van der Waals surface area contributed by atoms with E-state index in [2.05, 4.69) is 42.0 Å². The molecule has 1 unspecified atom stereocenters. The van der Waals surface area contributed by atoms with Crippen molar-refractivity contribution in [2.24, 2.45) is 5.41 Å². The van der Waals surface area contributed by atoms with Gasteiger partial charge in [0.15, 0.2) is 0 Å². The molecular formula is C16H25BrFN. The van der Waals surface area contributed by atoms with Gasteiger partial charge < -0.3 is 5.32 Å². The van der Waals surface area contributed by atoms with Gasteiger partial charge in [0, 0.05) is 6.54 Å². The molecule has 0 aliphatic rings. The summed E-state index contributed by atoms with van der Waals surface area (Å²) in [4.78, 5) is 0. The third-order valence-electron chi connectivity index (χ3n) is 3.48. The van der Waals surface area contributed by atoms with Crippen molar-refractivity contribution >= 4 is 15.9 Å². The summed E-state index contributed by atoms with van der Waals surface area (Å²) >= 11 is 3.37. The second-order valence-electron chi connectivity index (χ2n) is 5.63. The SMILES string of the molecule is CCCNCC(C)(CCC)Cc1cccc(F)c1Br. The number of benzene rings is 1. The third-order valence-corrected chi connectivity index (χ3v) is 4.37. The average Bonchev–Trinajstić information content (AvgIpc) is 2.36. The lowest BCUT2D eigenvalue weighted by Crippen LogP contribution is -2.34. The lowest BCUT2D eigenvalue weighted by molar-refractivity contribution is 0.275. The van der Waals surface area contributed by atoms with Crippen molar-refractivity contribution in [2.75, 3.05) is 13.1 Å². The molecule has 1 atom stereocenters. The Morgan fingerprint density at radius 1 is 1.26 bits per heavy atom. The molecule has 19 heavy (non-hydrogen) atoms. The Hall–Kier alpha value is -0.410. The van der Waals surface area contributed by atoms with Crippen LogP contribution >= 0.6 is 15.9 Å². The molecule has 0 heterocycles. The first-order valence-corrected chi connectivity index (χ1v) is 7.95. The summed E-state index contributed by atoms with van der Waals surface area (Å²) < 4.78 is 14.2. The van der Waals surface area contributed by atoms with Gasteiger partial charge in [-0.1, -0.05) is 39.3 Å². The van der Waals surface area contributed by atoms with Crippen LogP contribution in [0.25, 0.3) is 0 Å². The fraction of sp³-hybridized carbons (Fsp3) is 0.625. The summed E-state index contributed by atoms with van der Waals surface area (Å²) in [7, 11) is 0. The molecule has 1 aromatic carbocycles. The Bertz CT molecular complexity index is 394. The highest BCUT2D eigenvalue weighted by molar-refractivity contribution is 9.10. The minimum Gasteiger partial charge on any atom is -0.316 e. The van der Waals surface area contributed by atoms with Crippen LogP contribution in [0.5, 0.6) is 0 Å². The van der Waals surface area contributed by atoms with Crippen molar-refractivity contribution in [3.63, 3.8) is 0 Å². The fourth-order valence-electron chi connectivity index (χ4n) is 2.55. The van der Waals surface area contributed by atoms with Crippen LogP contribution in [0.4, 0.5) is 4.39 Å². The van der Waals surface area contributed by atoms with E-state index in [1.54, 1.807) is 6.07 Å². The summed E-state index contributed by atoms with van der Waals surface area (Å²) in [6.45, 7) is 8.70.